The fourth-order valence-corrected chi connectivity index (χ4v) is 1.97. The number of rotatable bonds is 4. The Bertz CT molecular complexity index is 300. The Hall–Kier alpha value is -1.01. The predicted molar refractivity (Wildman–Crippen MR) is 58.6 cm³/mol. The molecule has 1 aromatic heterocycles. The van der Waals surface area contributed by atoms with Gasteiger partial charge in [-0.05, 0) is 18.8 Å². The first kappa shape index (κ1) is 11.5. The van der Waals surface area contributed by atoms with E-state index in [9.17, 15) is 0 Å². The van der Waals surface area contributed by atoms with Crippen molar-refractivity contribution in [2.45, 2.75) is 45.4 Å². The number of hydrogen-bond acceptors (Lipinski definition) is 5. The fourth-order valence-electron chi connectivity index (χ4n) is 1.97. The Balaban J connectivity index is 1.77. The summed E-state index contributed by atoms with van der Waals surface area (Å²) in [5, 5.41) is 17.2. The second-order valence-corrected chi connectivity index (χ2v) is 4.58. The van der Waals surface area contributed by atoms with Gasteiger partial charge in [-0.1, -0.05) is 19.1 Å². The van der Waals surface area contributed by atoms with Crippen LogP contribution in [0.3, 0.4) is 0 Å². The van der Waals surface area contributed by atoms with E-state index in [2.05, 4.69) is 39.8 Å². The van der Waals surface area contributed by atoms with Crippen LogP contribution < -0.4 is 5.32 Å². The average Bonchev–Trinajstić information content (AvgIpc) is 2.79. The van der Waals surface area contributed by atoms with Gasteiger partial charge in [0.25, 0.3) is 0 Å². The van der Waals surface area contributed by atoms with Crippen molar-refractivity contribution in [3.8, 4) is 0 Å². The molecule has 1 saturated heterocycles. The average molecular weight is 225 g/mol. The third-order valence-electron chi connectivity index (χ3n) is 3.00. The minimum Gasteiger partial charge on any atom is -0.378 e. The molecule has 6 heteroatoms. The molecule has 1 aliphatic rings. The van der Waals surface area contributed by atoms with Crippen molar-refractivity contribution < 1.29 is 4.74 Å². The first-order valence-electron chi connectivity index (χ1n) is 5.83. The van der Waals surface area contributed by atoms with Crippen LogP contribution in [-0.4, -0.2) is 39.4 Å². The predicted octanol–water partition coefficient (Wildman–Crippen LogP) is 0.493. The van der Waals surface area contributed by atoms with Gasteiger partial charge in [0.1, 0.15) is 0 Å². The molecule has 0 radical (unpaired) electrons. The molecule has 2 rings (SSSR count). The Morgan fingerprint density at radius 2 is 2.44 bits per heavy atom. The zero-order valence-corrected chi connectivity index (χ0v) is 9.81. The summed E-state index contributed by atoms with van der Waals surface area (Å²) in [5.74, 6) is 1.29. The summed E-state index contributed by atoms with van der Waals surface area (Å²) >= 11 is 0. The lowest BCUT2D eigenvalue weighted by Gasteiger charge is -2.32. The van der Waals surface area contributed by atoms with E-state index >= 15 is 0 Å². The van der Waals surface area contributed by atoms with Crippen molar-refractivity contribution >= 4 is 0 Å². The second kappa shape index (κ2) is 5.36. The third-order valence-corrected chi connectivity index (χ3v) is 3.00. The van der Waals surface area contributed by atoms with E-state index in [0.717, 1.165) is 19.4 Å². The molecule has 6 nitrogen and oxygen atoms in total. The topological polar surface area (TPSA) is 75.7 Å². The summed E-state index contributed by atoms with van der Waals surface area (Å²) in [6.07, 6.45) is 2.49. The lowest BCUT2D eigenvalue weighted by atomic mass is 9.95. The normalized spacial score (nSPS) is 26.2. The van der Waals surface area contributed by atoms with Crippen molar-refractivity contribution in [2.75, 3.05) is 6.61 Å². The van der Waals surface area contributed by atoms with Crippen LogP contribution in [0.1, 0.15) is 32.5 Å². The highest BCUT2D eigenvalue weighted by atomic mass is 16.5. The first-order valence-corrected chi connectivity index (χ1v) is 5.83. The van der Waals surface area contributed by atoms with Crippen molar-refractivity contribution in [3.05, 3.63) is 5.82 Å². The Kier molecular flexibility index (Phi) is 3.84. The molecule has 0 amide bonds. The molecule has 16 heavy (non-hydrogen) atoms. The molecule has 0 spiro atoms. The summed E-state index contributed by atoms with van der Waals surface area (Å²) in [6, 6.07) is 0.500. The molecule has 0 saturated carbocycles. The largest absolute Gasteiger partial charge is 0.378 e. The molecular formula is C10H19N5O. The monoisotopic (exact) mass is 225 g/mol. The minimum absolute atomic E-state index is 0.372. The van der Waals surface area contributed by atoms with Gasteiger partial charge in [0.15, 0.2) is 5.82 Å². The molecule has 0 bridgehead atoms. The van der Waals surface area contributed by atoms with Crippen LogP contribution in [0.15, 0.2) is 0 Å². The molecule has 1 aromatic rings. The van der Waals surface area contributed by atoms with Crippen LogP contribution in [0, 0.1) is 5.92 Å². The van der Waals surface area contributed by atoms with Crippen LogP contribution >= 0.6 is 0 Å². The van der Waals surface area contributed by atoms with Crippen LogP contribution in [0.5, 0.6) is 0 Å². The van der Waals surface area contributed by atoms with Gasteiger partial charge in [-0.3, -0.25) is 0 Å². The first-order chi connectivity index (χ1) is 7.75. The molecule has 1 fully saturated rings. The van der Waals surface area contributed by atoms with Gasteiger partial charge in [0.05, 0.1) is 12.6 Å². The number of H-pyrrole nitrogens is 1. The molecule has 2 N–H and O–H groups in total. The maximum absolute atomic E-state index is 5.72. The van der Waals surface area contributed by atoms with Gasteiger partial charge in [0.2, 0.25) is 0 Å². The molecular weight excluding hydrogens is 206 g/mol. The standard InChI is InChI=1S/C10H19N5O/c1-7(2)9-5-8(3-4-16-9)11-6-10-12-14-15-13-10/h7-9,11H,3-6H2,1-2H3,(H,12,13,14,15). The molecule has 2 unspecified atom stereocenters. The smallest absolute Gasteiger partial charge is 0.188 e. The highest BCUT2D eigenvalue weighted by Crippen LogP contribution is 2.20. The van der Waals surface area contributed by atoms with Crippen LogP contribution in [0.4, 0.5) is 0 Å². The van der Waals surface area contributed by atoms with E-state index in [1.807, 2.05) is 0 Å². The summed E-state index contributed by atoms with van der Waals surface area (Å²) < 4.78 is 5.72. The number of ether oxygens (including phenoxy) is 1. The summed E-state index contributed by atoms with van der Waals surface area (Å²) in [7, 11) is 0. The number of aromatic amines is 1. The maximum Gasteiger partial charge on any atom is 0.188 e. The second-order valence-electron chi connectivity index (χ2n) is 4.58. The summed E-state index contributed by atoms with van der Waals surface area (Å²) in [5.41, 5.74) is 0. The molecule has 1 aliphatic heterocycles. The van der Waals surface area contributed by atoms with Crippen LogP contribution in [0.25, 0.3) is 0 Å². The minimum atomic E-state index is 0.372. The number of aromatic nitrogens is 4. The molecule has 2 heterocycles. The van der Waals surface area contributed by atoms with E-state index < -0.39 is 0 Å². The highest BCUT2D eigenvalue weighted by Gasteiger charge is 2.24. The zero-order valence-electron chi connectivity index (χ0n) is 9.81. The van der Waals surface area contributed by atoms with Gasteiger partial charge in [-0.15, -0.1) is 10.2 Å². The van der Waals surface area contributed by atoms with Crippen molar-refractivity contribution in [2.24, 2.45) is 5.92 Å². The van der Waals surface area contributed by atoms with E-state index in [1.165, 1.54) is 0 Å². The lowest BCUT2D eigenvalue weighted by Crippen LogP contribution is -2.40. The molecule has 90 valence electrons. The van der Waals surface area contributed by atoms with E-state index in [-0.39, 0.29) is 0 Å². The zero-order chi connectivity index (χ0) is 11.4. The lowest BCUT2D eigenvalue weighted by molar-refractivity contribution is -0.0246. The Morgan fingerprint density at radius 3 is 3.12 bits per heavy atom. The quantitative estimate of drug-likeness (QED) is 0.780. The number of tetrazole rings is 1. The van der Waals surface area contributed by atoms with Crippen LogP contribution in [-0.2, 0) is 11.3 Å². The van der Waals surface area contributed by atoms with Gasteiger partial charge in [0, 0.05) is 12.6 Å². The van der Waals surface area contributed by atoms with Gasteiger partial charge < -0.3 is 10.1 Å². The van der Waals surface area contributed by atoms with Crippen molar-refractivity contribution in [1.82, 2.24) is 25.9 Å². The molecule has 2 atom stereocenters. The Labute approximate surface area is 95.1 Å². The highest BCUT2D eigenvalue weighted by molar-refractivity contribution is 4.82. The van der Waals surface area contributed by atoms with Gasteiger partial charge >= 0.3 is 0 Å². The molecule has 0 aromatic carbocycles. The van der Waals surface area contributed by atoms with Gasteiger partial charge in [-0.25, -0.2) is 0 Å². The number of hydrogen-bond donors (Lipinski definition) is 2. The van der Waals surface area contributed by atoms with E-state index in [4.69, 9.17) is 4.74 Å². The number of nitrogens with zero attached hydrogens (tertiary/aromatic N) is 3. The maximum atomic E-state index is 5.72. The Morgan fingerprint density at radius 1 is 1.56 bits per heavy atom. The van der Waals surface area contributed by atoms with Crippen LogP contribution in [0.2, 0.25) is 0 Å². The van der Waals surface area contributed by atoms with Crippen molar-refractivity contribution in [1.29, 1.82) is 0 Å². The van der Waals surface area contributed by atoms with E-state index in [1.54, 1.807) is 0 Å². The molecule has 0 aliphatic carbocycles. The third kappa shape index (κ3) is 2.99. The summed E-state index contributed by atoms with van der Waals surface area (Å²) in [6.45, 7) is 5.91. The SMILES string of the molecule is CC(C)C1CC(NCc2nn[nH]n2)CCO1. The van der Waals surface area contributed by atoms with Crippen molar-refractivity contribution in [3.63, 3.8) is 0 Å². The van der Waals surface area contributed by atoms with E-state index in [0.29, 0.717) is 30.4 Å². The van der Waals surface area contributed by atoms with Gasteiger partial charge in [-0.2, -0.15) is 5.21 Å². The number of nitrogens with one attached hydrogen (secondary N) is 2. The fraction of sp³-hybridized carbons (Fsp3) is 0.900. The summed E-state index contributed by atoms with van der Waals surface area (Å²) in [4.78, 5) is 0.